The Balaban J connectivity index is 2.01. The summed E-state index contributed by atoms with van der Waals surface area (Å²) in [5.74, 6) is 0.786. The molecule has 0 saturated carbocycles. The minimum atomic E-state index is -3.43. The van der Waals surface area contributed by atoms with E-state index in [1.54, 1.807) is 7.05 Å². The van der Waals surface area contributed by atoms with Crippen LogP contribution < -0.4 is 4.72 Å². The van der Waals surface area contributed by atoms with Gasteiger partial charge >= 0.3 is 0 Å². The molecule has 1 aromatic carbocycles. The summed E-state index contributed by atoms with van der Waals surface area (Å²) in [6, 6.07) is 5.87. The lowest BCUT2D eigenvalue weighted by Gasteiger charge is -2.20. The molecule has 21 heavy (non-hydrogen) atoms. The fourth-order valence-corrected chi connectivity index (χ4v) is 3.14. The maximum Gasteiger partial charge on any atom is 0.279 e. The lowest BCUT2D eigenvalue weighted by molar-refractivity contribution is 0.402. The van der Waals surface area contributed by atoms with Crippen molar-refractivity contribution < 1.29 is 8.42 Å². The van der Waals surface area contributed by atoms with Gasteiger partial charge in [0.25, 0.3) is 10.2 Å². The van der Waals surface area contributed by atoms with Gasteiger partial charge in [-0.25, -0.2) is 9.71 Å². The number of aromatic amines is 1. The molecule has 0 aliphatic rings. The minimum Gasteiger partial charge on any atom is -0.342 e. The highest BCUT2D eigenvalue weighted by molar-refractivity contribution is 7.87. The molecule has 0 aliphatic heterocycles. The zero-order valence-corrected chi connectivity index (χ0v) is 13.7. The van der Waals surface area contributed by atoms with Crippen LogP contribution in [0.15, 0.2) is 18.2 Å². The SMILES string of the molecule is Cc1cccc2[nH]c(CCNS(=O)(=O)N(C)C(C)C)nc12. The standard InChI is InChI=1S/C14H22N4O2S/c1-10(2)18(4)21(19,20)15-9-8-13-16-12-7-5-6-11(3)14(12)17-13/h5-7,10,15H,8-9H2,1-4H3,(H,16,17). The lowest BCUT2D eigenvalue weighted by atomic mass is 10.2. The molecule has 0 unspecified atom stereocenters. The number of hydrogen-bond donors (Lipinski definition) is 2. The van der Waals surface area contributed by atoms with Crippen LogP contribution in [-0.4, -0.2) is 42.3 Å². The smallest absolute Gasteiger partial charge is 0.279 e. The van der Waals surface area contributed by atoms with Crippen molar-refractivity contribution in [2.24, 2.45) is 0 Å². The number of imidazole rings is 1. The molecule has 2 N–H and O–H groups in total. The van der Waals surface area contributed by atoms with Crippen molar-refractivity contribution in [2.45, 2.75) is 33.2 Å². The zero-order valence-electron chi connectivity index (χ0n) is 12.8. The first-order chi connectivity index (χ1) is 9.81. The Hall–Kier alpha value is -1.44. The number of benzene rings is 1. The minimum absolute atomic E-state index is 0.0728. The number of aromatic nitrogens is 2. The maximum atomic E-state index is 12.0. The number of nitrogens with zero attached hydrogens (tertiary/aromatic N) is 2. The fraction of sp³-hybridized carbons (Fsp3) is 0.500. The van der Waals surface area contributed by atoms with E-state index in [1.807, 2.05) is 39.0 Å². The third-order valence-corrected chi connectivity index (χ3v) is 5.26. The van der Waals surface area contributed by atoms with Crippen LogP contribution in [0.3, 0.4) is 0 Å². The normalized spacial score (nSPS) is 12.7. The van der Waals surface area contributed by atoms with Crippen LogP contribution in [0.4, 0.5) is 0 Å². The van der Waals surface area contributed by atoms with Crippen molar-refractivity contribution in [1.82, 2.24) is 19.0 Å². The molecule has 2 aromatic rings. The van der Waals surface area contributed by atoms with E-state index >= 15 is 0 Å². The topological polar surface area (TPSA) is 78.1 Å². The number of nitrogens with one attached hydrogen (secondary N) is 2. The number of fused-ring (bicyclic) bond motifs is 1. The summed E-state index contributed by atoms with van der Waals surface area (Å²) in [7, 11) is -1.86. The van der Waals surface area contributed by atoms with Crippen LogP contribution >= 0.6 is 0 Å². The molecule has 0 atom stereocenters. The summed E-state index contributed by atoms with van der Waals surface area (Å²) >= 11 is 0. The van der Waals surface area contributed by atoms with Gasteiger partial charge in [-0.05, 0) is 32.4 Å². The summed E-state index contributed by atoms with van der Waals surface area (Å²) in [5, 5.41) is 0. The summed E-state index contributed by atoms with van der Waals surface area (Å²) in [6.07, 6.45) is 0.527. The van der Waals surface area contributed by atoms with Crippen LogP contribution in [0.25, 0.3) is 11.0 Å². The van der Waals surface area contributed by atoms with Crippen molar-refractivity contribution in [3.05, 3.63) is 29.6 Å². The third kappa shape index (κ3) is 3.61. The molecule has 2 rings (SSSR count). The Morgan fingerprint density at radius 1 is 1.38 bits per heavy atom. The van der Waals surface area contributed by atoms with Crippen molar-refractivity contribution in [3.8, 4) is 0 Å². The Labute approximate surface area is 125 Å². The second-order valence-corrected chi connectivity index (χ2v) is 7.23. The van der Waals surface area contributed by atoms with Gasteiger partial charge in [-0.3, -0.25) is 0 Å². The van der Waals surface area contributed by atoms with Gasteiger partial charge in [0.1, 0.15) is 5.82 Å². The molecule has 1 aromatic heterocycles. The number of hydrogen-bond acceptors (Lipinski definition) is 3. The zero-order chi connectivity index (χ0) is 15.6. The van der Waals surface area contributed by atoms with E-state index in [4.69, 9.17) is 0 Å². The largest absolute Gasteiger partial charge is 0.342 e. The van der Waals surface area contributed by atoms with E-state index in [0.29, 0.717) is 13.0 Å². The van der Waals surface area contributed by atoms with Gasteiger partial charge in [-0.2, -0.15) is 12.7 Å². The first-order valence-electron chi connectivity index (χ1n) is 6.98. The Kier molecular flexibility index (Phi) is 4.65. The predicted molar refractivity (Wildman–Crippen MR) is 84.4 cm³/mol. The second kappa shape index (κ2) is 6.13. The van der Waals surface area contributed by atoms with E-state index in [-0.39, 0.29) is 6.04 Å². The predicted octanol–water partition coefficient (Wildman–Crippen LogP) is 1.59. The van der Waals surface area contributed by atoms with Gasteiger partial charge in [0.15, 0.2) is 0 Å². The van der Waals surface area contributed by atoms with Crippen LogP contribution in [0.2, 0.25) is 0 Å². The Morgan fingerprint density at radius 2 is 2.10 bits per heavy atom. The second-order valence-electron chi connectivity index (χ2n) is 5.41. The highest BCUT2D eigenvalue weighted by Gasteiger charge is 2.19. The Morgan fingerprint density at radius 3 is 2.71 bits per heavy atom. The number of H-pyrrole nitrogens is 1. The maximum absolute atomic E-state index is 12.0. The van der Waals surface area contributed by atoms with Crippen molar-refractivity contribution >= 4 is 21.2 Å². The monoisotopic (exact) mass is 310 g/mol. The van der Waals surface area contributed by atoms with E-state index < -0.39 is 10.2 Å². The van der Waals surface area contributed by atoms with Crippen molar-refractivity contribution in [3.63, 3.8) is 0 Å². The van der Waals surface area contributed by atoms with E-state index in [9.17, 15) is 8.42 Å². The molecule has 0 aliphatic carbocycles. The number of rotatable bonds is 6. The average Bonchev–Trinajstić information content (AvgIpc) is 2.82. The van der Waals surface area contributed by atoms with Gasteiger partial charge in [-0.1, -0.05) is 12.1 Å². The molecule has 0 fully saturated rings. The van der Waals surface area contributed by atoms with Gasteiger partial charge in [0.05, 0.1) is 11.0 Å². The van der Waals surface area contributed by atoms with Gasteiger partial charge < -0.3 is 4.98 Å². The first-order valence-corrected chi connectivity index (χ1v) is 8.42. The molecule has 1 heterocycles. The van der Waals surface area contributed by atoms with Crippen LogP contribution in [-0.2, 0) is 16.6 Å². The molecule has 0 bridgehead atoms. The molecular weight excluding hydrogens is 288 g/mol. The average molecular weight is 310 g/mol. The van der Waals surface area contributed by atoms with Gasteiger partial charge in [0.2, 0.25) is 0 Å². The van der Waals surface area contributed by atoms with E-state index in [1.165, 1.54) is 4.31 Å². The van der Waals surface area contributed by atoms with Gasteiger partial charge in [0, 0.05) is 26.1 Å². The van der Waals surface area contributed by atoms with Crippen molar-refractivity contribution in [1.29, 1.82) is 0 Å². The summed E-state index contributed by atoms with van der Waals surface area (Å²) in [6.45, 7) is 5.99. The summed E-state index contributed by atoms with van der Waals surface area (Å²) < 4.78 is 27.8. The van der Waals surface area contributed by atoms with Crippen LogP contribution in [0, 0.1) is 6.92 Å². The molecule has 0 radical (unpaired) electrons. The molecular formula is C14H22N4O2S. The van der Waals surface area contributed by atoms with Crippen LogP contribution in [0.5, 0.6) is 0 Å². The highest BCUT2D eigenvalue weighted by Crippen LogP contribution is 2.15. The molecule has 0 amide bonds. The summed E-state index contributed by atoms with van der Waals surface area (Å²) in [5.41, 5.74) is 3.02. The molecule has 0 saturated heterocycles. The fourth-order valence-electron chi connectivity index (χ4n) is 2.02. The number of para-hydroxylation sites is 1. The molecule has 116 valence electrons. The van der Waals surface area contributed by atoms with Crippen LogP contribution in [0.1, 0.15) is 25.2 Å². The summed E-state index contributed by atoms with van der Waals surface area (Å²) in [4.78, 5) is 7.72. The van der Waals surface area contributed by atoms with E-state index in [2.05, 4.69) is 14.7 Å². The number of aryl methyl sites for hydroxylation is 1. The molecule has 7 heteroatoms. The molecule has 6 nitrogen and oxygen atoms in total. The molecule has 0 spiro atoms. The van der Waals surface area contributed by atoms with Crippen molar-refractivity contribution in [2.75, 3.05) is 13.6 Å². The quantitative estimate of drug-likeness (QED) is 0.850. The third-order valence-electron chi connectivity index (χ3n) is 3.52. The highest BCUT2D eigenvalue weighted by atomic mass is 32.2. The van der Waals surface area contributed by atoms with Gasteiger partial charge in [-0.15, -0.1) is 0 Å². The first kappa shape index (κ1) is 15.9. The van der Waals surface area contributed by atoms with E-state index in [0.717, 1.165) is 22.4 Å². The lowest BCUT2D eigenvalue weighted by Crippen LogP contribution is -2.42. The Bertz CT molecular complexity index is 722.